The number of methoxy groups -OCH3 is 3. The molecule has 0 aromatic heterocycles. The van der Waals surface area contributed by atoms with Gasteiger partial charge in [-0.2, -0.15) is 5.53 Å². The third-order valence-corrected chi connectivity index (χ3v) is 13.4. The van der Waals surface area contributed by atoms with E-state index in [1.54, 1.807) is 21.3 Å². The van der Waals surface area contributed by atoms with Crippen LogP contribution in [0.2, 0.25) is 0 Å². The van der Waals surface area contributed by atoms with Crippen LogP contribution in [-0.2, 0) is 63.9 Å². The number of halogens is 1. The Morgan fingerprint density at radius 2 is 1.01 bits per heavy atom. The van der Waals surface area contributed by atoms with Crippen molar-refractivity contribution in [3.8, 4) is 11.5 Å². The highest BCUT2D eigenvalue weighted by Crippen LogP contribution is 2.27. The molecule has 1 aliphatic rings. The quantitative estimate of drug-likeness (QED) is 0.0120. The summed E-state index contributed by atoms with van der Waals surface area (Å²) >= 11 is 2.27. The number of hydrogen-bond donors (Lipinski definition) is 13. The molecule has 0 unspecified atom stereocenters. The van der Waals surface area contributed by atoms with Gasteiger partial charge in [0, 0.05) is 56.6 Å². The van der Waals surface area contributed by atoms with Crippen LogP contribution in [0.1, 0.15) is 114 Å². The van der Waals surface area contributed by atoms with E-state index in [0.29, 0.717) is 125 Å². The number of ether oxygens (including phenoxy) is 10. The zero-order valence-corrected chi connectivity index (χ0v) is 67.3. The van der Waals surface area contributed by atoms with Gasteiger partial charge in [-0.1, -0.05) is 138 Å². The van der Waals surface area contributed by atoms with E-state index in [0.717, 1.165) is 96.0 Å². The van der Waals surface area contributed by atoms with Crippen molar-refractivity contribution in [3.63, 3.8) is 0 Å². The Hall–Kier alpha value is -4.07. The Morgan fingerprint density at radius 1 is 0.520 bits per heavy atom. The van der Waals surface area contributed by atoms with E-state index in [1.807, 2.05) is 93.0 Å². The summed E-state index contributed by atoms with van der Waals surface area (Å²) in [7, 11) is 13.0. The summed E-state index contributed by atoms with van der Waals surface area (Å²) < 4.78 is 51.8. The second kappa shape index (κ2) is 101. The fourth-order valence-electron chi connectivity index (χ4n) is 7.40. The number of nitrogens with zero attached hydrogens (tertiary/aromatic N) is 2. The van der Waals surface area contributed by atoms with Crippen LogP contribution in [0.3, 0.4) is 0 Å². The molecule has 1 fully saturated rings. The first-order valence-electron chi connectivity index (χ1n) is 36.1. The lowest BCUT2D eigenvalue weighted by atomic mass is 10.1. The molecular weight excluding hydrogens is 1420 g/mol. The van der Waals surface area contributed by atoms with Gasteiger partial charge in [0.25, 0.3) is 0 Å². The molecule has 0 spiro atoms. The van der Waals surface area contributed by atoms with Crippen LogP contribution >= 0.6 is 22.6 Å². The third kappa shape index (κ3) is 95.9. The van der Waals surface area contributed by atoms with Crippen molar-refractivity contribution in [2.45, 2.75) is 124 Å². The summed E-state index contributed by atoms with van der Waals surface area (Å²) in [6.07, 6.45) is 14.7. The van der Waals surface area contributed by atoms with Crippen molar-refractivity contribution >= 4 is 22.6 Å². The molecule has 0 radical (unpaired) electrons. The van der Waals surface area contributed by atoms with Crippen LogP contribution < -0.4 is 71.1 Å². The molecule has 4 aromatic rings. The minimum Gasteiger partial charge on any atom is -0.693 e. The van der Waals surface area contributed by atoms with Crippen LogP contribution in [0.25, 0.3) is 6.15 Å². The molecule has 1 heterocycles. The van der Waals surface area contributed by atoms with Crippen LogP contribution in [-0.4, -0.2) is 235 Å². The van der Waals surface area contributed by atoms with E-state index in [2.05, 4.69) is 108 Å². The highest BCUT2D eigenvalue weighted by atomic mass is 127. The summed E-state index contributed by atoms with van der Waals surface area (Å²) in [4.78, 5) is 2.13. The fraction of sp³-hybridized carbons (Fsp3) is 0.680. The maximum atomic E-state index is 8.34. The predicted molar refractivity (Wildman–Crippen MR) is 433 cm³/mol. The Kier molecular flexibility index (Phi) is 110. The van der Waals surface area contributed by atoms with Gasteiger partial charge in [0.1, 0.15) is 6.54 Å². The van der Waals surface area contributed by atoms with Crippen molar-refractivity contribution in [1.29, 1.82) is 0 Å². The maximum Gasteiger partial charge on any atom is 0.160 e. The first-order chi connectivity index (χ1) is 49.3. The largest absolute Gasteiger partial charge is 0.693 e. The highest BCUT2D eigenvalue weighted by molar-refractivity contribution is 14.1. The van der Waals surface area contributed by atoms with Crippen molar-refractivity contribution < 1.29 is 63.1 Å². The summed E-state index contributed by atoms with van der Waals surface area (Å²) in [5, 5.41) is 29.3. The number of nitrogens with two attached hydrogens (primary N) is 9. The molecule has 1 saturated heterocycles. The average molecular weight is 1570 g/mol. The van der Waals surface area contributed by atoms with E-state index >= 15 is 0 Å². The lowest BCUT2D eigenvalue weighted by Gasteiger charge is -2.08. The summed E-state index contributed by atoms with van der Waals surface area (Å²) in [6.45, 7) is 25.0. The van der Waals surface area contributed by atoms with Crippen LogP contribution in [0.15, 0.2) is 108 Å². The number of nitrogens with one attached hydrogen (secondary N) is 3. The fourth-order valence-corrected chi connectivity index (χ4v) is 7.75. The molecule has 600 valence electrons. The molecule has 27 heteroatoms. The SMILES string of the molecule is CCCC1OCCO1.CCCCCCCCNC.CCNCCCCO.CN(C)CCCN.CNCc1ccccc1.COCCOCCN.COc1ccc(CCN)cc1OC.NCCOCCO.NCCOCCOCCOCCN=[NH2+].NCc1ccc(I)cc1.NCc1ccccc1.[NH2-]. The lowest BCUT2D eigenvalue weighted by Crippen LogP contribution is -2.25. The molecule has 5 rings (SSSR count). The van der Waals surface area contributed by atoms with Crippen LogP contribution in [0.5, 0.6) is 11.5 Å². The van der Waals surface area contributed by atoms with Gasteiger partial charge in [0.2, 0.25) is 0 Å². The number of aliphatic hydroxyl groups excluding tert-OH is 2. The molecular formula is C75H151IN14O12. The summed E-state index contributed by atoms with van der Waals surface area (Å²) in [5.41, 5.74) is 46.7. The summed E-state index contributed by atoms with van der Waals surface area (Å²) in [5.74, 6) is 1.51. The van der Waals surface area contributed by atoms with E-state index < -0.39 is 0 Å². The predicted octanol–water partition coefficient (Wildman–Crippen LogP) is 6.98. The zero-order chi connectivity index (χ0) is 76.4. The second-order valence-electron chi connectivity index (χ2n) is 21.9. The number of aliphatic hydroxyl groups is 2. The van der Waals surface area contributed by atoms with Gasteiger partial charge in [-0.15, -0.1) is 0 Å². The Balaban J connectivity index is -0.000000196. The van der Waals surface area contributed by atoms with Crippen molar-refractivity contribution in [2.75, 3.05) is 214 Å². The first kappa shape index (κ1) is 111. The minimum atomic E-state index is 0. The van der Waals surface area contributed by atoms with E-state index in [1.165, 1.54) is 70.9 Å². The zero-order valence-electron chi connectivity index (χ0n) is 65.1. The normalized spacial score (nSPS) is 10.7. The maximum absolute atomic E-state index is 8.34. The van der Waals surface area contributed by atoms with E-state index in [9.17, 15) is 0 Å². The molecule has 4 aromatic carbocycles. The van der Waals surface area contributed by atoms with Crippen LogP contribution in [0.4, 0.5) is 0 Å². The van der Waals surface area contributed by atoms with E-state index in [4.69, 9.17) is 103 Å². The third-order valence-electron chi connectivity index (χ3n) is 12.7. The second-order valence-corrected chi connectivity index (χ2v) is 23.1. The summed E-state index contributed by atoms with van der Waals surface area (Å²) in [6, 6.07) is 34.4. The highest BCUT2D eigenvalue weighted by Gasteiger charge is 2.13. The molecule has 102 heavy (non-hydrogen) atoms. The molecule has 1 aliphatic heterocycles. The Labute approximate surface area is 632 Å². The van der Waals surface area contributed by atoms with Gasteiger partial charge >= 0.3 is 0 Å². The molecule has 0 amide bonds. The lowest BCUT2D eigenvalue weighted by molar-refractivity contribution is -0.223. The van der Waals surface area contributed by atoms with Crippen molar-refractivity contribution in [1.82, 2.24) is 20.9 Å². The standard InChI is InChI=1S/C10H15NO2.C9H21N.C8H19N3O3.C8H11N.C7H8IN.C7H9N.C6H15NO.C6H12O2.C5H14N2.C5H13NO2.C4H11NO2.H2N/c1-12-9-4-3-8(5-6-11)7-10(9)13-2;1-3-4-5-6-7-8-9-10-2;9-1-3-12-5-7-14-8-6-13-4-2-11-10;1-9-7-8-5-3-2-4-6-8;8-7-3-1-6(5-9)2-4-7;8-6-7-4-2-1-3-5-7;1-2-7-5-3-4-6-8;1-2-3-6-7-4-5-8-6;1-7(2)5-3-4-6;1-7-4-5-8-3-2-6;5-1-3-7-4-2-6;/h3-4,7H,5-6,11H2,1-2H3;10H,3-9H2,1-2H3;10H,1-9H2;2-6,9H,7H2,1H3;1-4H,5,9H2;1-5H,6,8H2;7-8H,2-6H2,1H3;6H,2-5H2,1H3;3-6H2,1-2H3;2-6H2,1H3;6H,1-5H2;1H2/q;;;;;;;;;;;-1/p+1. The smallest absolute Gasteiger partial charge is 0.160 e. The van der Waals surface area contributed by atoms with Gasteiger partial charge < -0.3 is 125 Å². The van der Waals surface area contributed by atoms with Gasteiger partial charge in [0.15, 0.2) is 17.8 Å². The van der Waals surface area contributed by atoms with E-state index in [-0.39, 0.29) is 19.0 Å². The van der Waals surface area contributed by atoms with Crippen molar-refractivity contribution in [2.24, 2.45) is 45.2 Å². The molecule has 0 aliphatic carbocycles. The Morgan fingerprint density at radius 3 is 1.43 bits per heavy atom. The number of rotatable bonds is 45. The number of benzene rings is 4. The topological polar surface area (TPSA) is 426 Å². The monoisotopic (exact) mass is 1570 g/mol. The van der Waals surface area contributed by atoms with Crippen LogP contribution in [0, 0.1) is 3.57 Å². The van der Waals surface area contributed by atoms with Gasteiger partial charge in [-0.3, -0.25) is 0 Å². The number of unbranched alkanes of at least 4 members (excludes halogenated alkanes) is 6. The molecule has 23 N–H and O–H groups in total. The van der Waals surface area contributed by atoms with Crippen molar-refractivity contribution in [3.05, 3.63) is 135 Å². The molecule has 26 nitrogen and oxygen atoms in total. The first-order valence-corrected chi connectivity index (χ1v) is 37.1. The number of hydrogen-bond acceptors (Lipinski definition) is 24. The average Bonchev–Trinajstić information content (AvgIpc) is 1.02. The van der Waals surface area contributed by atoms with Gasteiger partial charge in [-0.05, 0) is 180 Å². The van der Waals surface area contributed by atoms with Gasteiger partial charge in [-0.25, -0.2) is 0 Å². The Bertz CT molecular complexity index is 2060. The molecule has 0 atom stereocenters. The minimum absolute atomic E-state index is 0. The van der Waals surface area contributed by atoms with Gasteiger partial charge in [0.05, 0.1) is 107 Å². The molecule has 0 bridgehead atoms. The molecule has 0 saturated carbocycles.